The molecule has 1 fully saturated rings. The number of anilines is 1. The Morgan fingerprint density at radius 2 is 1.58 bits per heavy atom. The summed E-state index contributed by atoms with van der Waals surface area (Å²) in [5, 5.41) is 9.65. The number of aryl methyl sites for hydroxylation is 1. The second-order valence-corrected chi connectivity index (χ2v) is 9.22. The number of hydrogen-bond donors (Lipinski definition) is 1. The predicted octanol–water partition coefficient (Wildman–Crippen LogP) is 5.98. The molecule has 4 heteroatoms. The second-order valence-electron chi connectivity index (χ2n) is 9.22. The summed E-state index contributed by atoms with van der Waals surface area (Å²) < 4.78 is 0. The summed E-state index contributed by atoms with van der Waals surface area (Å²) in [6.45, 7) is 8.38. The van der Waals surface area contributed by atoms with Gasteiger partial charge in [0.15, 0.2) is 0 Å². The third kappa shape index (κ3) is 4.48. The highest BCUT2D eigenvalue weighted by molar-refractivity contribution is 5.91. The molecule has 1 N–H and O–H groups in total. The van der Waals surface area contributed by atoms with Crippen molar-refractivity contribution in [3.8, 4) is 22.3 Å². The van der Waals surface area contributed by atoms with Gasteiger partial charge in [0, 0.05) is 36.1 Å². The van der Waals surface area contributed by atoms with Crippen LogP contribution in [-0.2, 0) is 11.2 Å². The highest BCUT2D eigenvalue weighted by atomic mass is 16.4. The number of hydrogen-bond acceptors (Lipinski definition) is 3. The van der Waals surface area contributed by atoms with Gasteiger partial charge in [-0.25, -0.2) is 0 Å². The minimum atomic E-state index is -0.822. The predicted molar refractivity (Wildman–Crippen MR) is 126 cm³/mol. The van der Waals surface area contributed by atoms with Crippen molar-refractivity contribution in [1.29, 1.82) is 0 Å². The molecular formula is C27H30N2O2. The van der Waals surface area contributed by atoms with Crippen molar-refractivity contribution in [2.75, 3.05) is 18.0 Å². The lowest BCUT2D eigenvalue weighted by Gasteiger charge is -2.40. The van der Waals surface area contributed by atoms with E-state index in [-0.39, 0.29) is 6.42 Å². The SMILES string of the molecule is Cc1ncc(-c2ccccc2-c2ccccc2)c(N2CCC(C)(C)CC2)c1CC(=O)O. The zero-order valence-electron chi connectivity index (χ0n) is 18.6. The van der Waals surface area contributed by atoms with Gasteiger partial charge in [-0.2, -0.15) is 0 Å². The number of carboxylic acid groups (broad SMARTS) is 1. The highest BCUT2D eigenvalue weighted by Gasteiger charge is 2.29. The third-order valence-electron chi connectivity index (χ3n) is 6.43. The zero-order valence-corrected chi connectivity index (χ0v) is 18.6. The van der Waals surface area contributed by atoms with Gasteiger partial charge in [0.25, 0.3) is 0 Å². The van der Waals surface area contributed by atoms with Crippen LogP contribution < -0.4 is 4.90 Å². The van der Waals surface area contributed by atoms with Crippen LogP contribution in [0.5, 0.6) is 0 Å². The van der Waals surface area contributed by atoms with Gasteiger partial charge in [-0.15, -0.1) is 0 Å². The van der Waals surface area contributed by atoms with Crippen LogP contribution in [0.25, 0.3) is 22.3 Å². The van der Waals surface area contributed by atoms with Crippen LogP contribution >= 0.6 is 0 Å². The van der Waals surface area contributed by atoms with Gasteiger partial charge in [-0.05, 0) is 41.9 Å². The number of aromatic nitrogens is 1. The normalized spacial score (nSPS) is 15.6. The summed E-state index contributed by atoms with van der Waals surface area (Å²) in [7, 11) is 0. The van der Waals surface area contributed by atoms with Gasteiger partial charge in [0.05, 0.1) is 12.1 Å². The molecule has 1 aromatic heterocycles. The van der Waals surface area contributed by atoms with Crippen molar-refractivity contribution in [1.82, 2.24) is 4.98 Å². The summed E-state index contributed by atoms with van der Waals surface area (Å²) in [5.41, 5.74) is 7.35. The molecular weight excluding hydrogens is 384 g/mol. The van der Waals surface area contributed by atoms with Crippen LogP contribution in [-0.4, -0.2) is 29.1 Å². The van der Waals surface area contributed by atoms with Crippen molar-refractivity contribution in [2.45, 2.75) is 40.0 Å². The first-order valence-electron chi connectivity index (χ1n) is 11.0. The third-order valence-corrected chi connectivity index (χ3v) is 6.43. The fourth-order valence-electron chi connectivity index (χ4n) is 4.48. The van der Waals surface area contributed by atoms with Crippen LogP contribution in [0.2, 0.25) is 0 Å². The Morgan fingerprint density at radius 1 is 0.968 bits per heavy atom. The summed E-state index contributed by atoms with van der Waals surface area (Å²) in [5.74, 6) is -0.822. The van der Waals surface area contributed by atoms with Crippen LogP contribution in [0.4, 0.5) is 5.69 Å². The van der Waals surface area contributed by atoms with Crippen molar-refractivity contribution in [3.63, 3.8) is 0 Å². The fourth-order valence-corrected chi connectivity index (χ4v) is 4.48. The van der Waals surface area contributed by atoms with Crippen molar-refractivity contribution < 1.29 is 9.90 Å². The van der Waals surface area contributed by atoms with Crippen molar-refractivity contribution >= 4 is 11.7 Å². The average molecular weight is 415 g/mol. The topological polar surface area (TPSA) is 53.4 Å². The number of carbonyl (C=O) groups is 1. The molecule has 0 saturated carbocycles. The molecule has 3 aromatic rings. The molecule has 4 nitrogen and oxygen atoms in total. The van der Waals surface area contributed by atoms with E-state index in [4.69, 9.17) is 0 Å². The minimum Gasteiger partial charge on any atom is -0.481 e. The molecule has 1 saturated heterocycles. The Balaban J connectivity index is 1.91. The van der Waals surface area contributed by atoms with E-state index in [0.717, 1.165) is 65.1 Å². The molecule has 0 bridgehead atoms. The Labute approximate surface area is 184 Å². The smallest absolute Gasteiger partial charge is 0.307 e. The highest BCUT2D eigenvalue weighted by Crippen LogP contribution is 2.42. The van der Waals surface area contributed by atoms with Crippen molar-refractivity contribution in [3.05, 3.63) is 72.1 Å². The molecule has 4 rings (SSSR count). The minimum absolute atomic E-state index is 0.0184. The van der Waals surface area contributed by atoms with Gasteiger partial charge in [-0.3, -0.25) is 9.78 Å². The van der Waals surface area contributed by atoms with E-state index >= 15 is 0 Å². The maximum absolute atomic E-state index is 11.7. The summed E-state index contributed by atoms with van der Waals surface area (Å²) in [6.07, 6.45) is 4.08. The van der Waals surface area contributed by atoms with Crippen LogP contribution in [0.1, 0.15) is 37.9 Å². The van der Waals surface area contributed by atoms with E-state index in [9.17, 15) is 9.90 Å². The first-order valence-corrected chi connectivity index (χ1v) is 11.0. The van der Waals surface area contributed by atoms with Gasteiger partial charge in [0.1, 0.15) is 0 Å². The molecule has 0 amide bonds. The molecule has 0 aliphatic carbocycles. The molecule has 0 atom stereocenters. The number of piperidine rings is 1. The van der Waals surface area contributed by atoms with Crippen LogP contribution in [0.3, 0.4) is 0 Å². The lowest BCUT2D eigenvalue weighted by molar-refractivity contribution is -0.136. The molecule has 31 heavy (non-hydrogen) atoms. The Bertz CT molecular complexity index is 1080. The summed E-state index contributed by atoms with van der Waals surface area (Å²) >= 11 is 0. The van der Waals surface area contributed by atoms with E-state index in [1.54, 1.807) is 0 Å². The molecule has 1 aliphatic heterocycles. The Hall–Kier alpha value is -3.14. The number of aliphatic carboxylic acids is 1. The molecule has 1 aliphatic rings. The molecule has 2 aromatic carbocycles. The number of benzene rings is 2. The zero-order chi connectivity index (χ0) is 22.0. The van der Waals surface area contributed by atoms with E-state index in [2.05, 4.69) is 54.1 Å². The van der Waals surface area contributed by atoms with E-state index in [1.165, 1.54) is 0 Å². The molecule has 0 spiro atoms. The monoisotopic (exact) mass is 414 g/mol. The first-order chi connectivity index (χ1) is 14.9. The maximum atomic E-state index is 11.7. The van der Waals surface area contributed by atoms with Crippen LogP contribution in [0.15, 0.2) is 60.8 Å². The number of carboxylic acids is 1. The number of rotatable bonds is 5. The van der Waals surface area contributed by atoms with E-state index in [0.29, 0.717) is 5.41 Å². The molecule has 0 radical (unpaired) electrons. The van der Waals surface area contributed by atoms with Gasteiger partial charge in [-0.1, -0.05) is 68.4 Å². The quantitative estimate of drug-likeness (QED) is 0.558. The van der Waals surface area contributed by atoms with E-state index in [1.807, 2.05) is 37.4 Å². The first kappa shape index (κ1) is 21.1. The second kappa shape index (κ2) is 8.54. The lowest BCUT2D eigenvalue weighted by atomic mass is 9.82. The number of pyridine rings is 1. The fraction of sp³-hybridized carbons (Fsp3) is 0.333. The molecule has 2 heterocycles. The van der Waals surface area contributed by atoms with E-state index < -0.39 is 5.97 Å². The average Bonchev–Trinajstić information content (AvgIpc) is 2.76. The number of nitrogens with zero attached hydrogens (tertiary/aromatic N) is 2. The Kier molecular flexibility index (Phi) is 5.81. The molecule has 160 valence electrons. The largest absolute Gasteiger partial charge is 0.481 e. The van der Waals surface area contributed by atoms with Crippen molar-refractivity contribution in [2.24, 2.45) is 5.41 Å². The Morgan fingerprint density at radius 3 is 2.23 bits per heavy atom. The summed E-state index contributed by atoms with van der Waals surface area (Å²) in [6, 6.07) is 18.7. The van der Waals surface area contributed by atoms with Gasteiger partial charge in [0.2, 0.25) is 0 Å². The van der Waals surface area contributed by atoms with Gasteiger partial charge >= 0.3 is 5.97 Å². The lowest BCUT2D eigenvalue weighted by Crippen LogP contribution is -2.38. The van der Waals surface area contributed by atoms with Crippen LogP contribution in [0, 0.1) is 12.3 Å². The standard InChI is InChI=1S/C27H30N2O2/c1-19-23(17-25(30)31)26(29-15-13-27(2,3)14-16-29)24(18-28-19)22-12-8-7-11-21(22)20-9-5-4-6-10-20/h4-12,18H,13-17H2,1-3H3,(H,30,31). The molecule has 0 unspecified atom stereocenters. The maximum Gasteiger partial charge on any atom is 0.307 e. The van der Waals surface area contributed by atoms with Gasteiger partial charge < -0.3 is 10.0 Å². The summed E-state index contributed by atoms with van der Waals surface area (Å²) in [4.78, 5) is 18.8.